The number of hydrogen-bond acceptors (Lipinski definition) is 0. The smallest absolute Gasteiger partial charge is 0.00258 e. The summed E-state index contributed by atoms with van der Waals surface area (Å²) in [5, 5.41) is 0. The van der Waals surface area contributed by atoms with Crippen molar-refractivity contribution in [2.24, 2.45) is 0 Å². The van der Waals surface area contributed by atoms with Crippen LogP contribution < -0.4 is 0 Å². The van der Waals surface area contributed by atoms with E-state index in [1.54, 1.807) is 0 Å². The lowest BCUT2D eigenvalue weighted by Gasteiger charge is -2.01. The molecule has 20 heavy (non-hydrogen) atoms. The second-order valence-electron chi connectivity index (χ2n) is 4.86. The molecule has 2 aromatic carbocycles. The molecule has 0 aliphatic carbocycles. The van der Waals surface area contributed by atoms with Crippen LogP contribution >= 0.6 is 0 Å². The fraction of sp³-hybridized carbons (Fsp3) is 0.300. The van der Waals surface area contributed by atoms with Gasteiger partial charge < -0.3 is 0 Å². The average molecular weight is 268 g/mol. The molecule has 0 aliphatic rings. The summed E-state index contributed by atoms with van der Waals surface area (Å²) in [4.78, 5) is 0. The summed E-state index contributed by atoms with van der Waals surface area (Å²) in [6, 6.07) is 19.3. The van der Waals surface area contributed by atoms with Gasteiger partial charge in [-0.1, -0.05) is 79.6 Å². The second-order valence-corrected chi connectivity index (χ2v) is 4.86. The number of rotatable bonds is 2. The number of benzene rings is 2. The molecule has 0 fully saturated rings. The highest BCUT2D eigenvalue weighted by Gasteiger charge is 1.94. The van der Waals surface area contributed by atoms with Crippen LogP contribution in [0.3, 0.4) is 0 Å². The molecule has 0 amide bonds. The molecule has 0 heterocycles. The van der Waals surface area contributed by atoms with Gasteiger partial charge in [-0.15, -0.1) is 6.58 Å². The van der Waals surface area contributed by atoms with Crippen LogP contribution in [-0.2, 0) is 6.42 Å². The fourth-order valence-electron chi connectivity index (χ4n) is 1.54. The minimum absolute atomic E-state index is 1.03. The first-order valence-electron chi connectivity index (χ1n) is 7.29. The lowest BCUT2D eigenvalue weighted by Crippen LogP contribution is -1.86. The van der Waals surface area contributed by atoms with E-state index in [9.17, 15) is 0 Å². The van der Waals surface area contributed by atoms with Gasteiger partial charge in [0.25, 0.3) is 0 Å². The summed E-state index contributed by atoms with van der Waals surface area (Å²) in [6.45, 7) is 13.6. The maximum Gasteiger partial charge on any atom is -0.00258 e. The van der Waals surface area contributed by atoms with Crippen molar-refractivity contribution in [3.63, 3.8) is 0 Å². The molecule has 0 spiro atoms. The number of allylic oxidation sites excluding steroid dienone is 1. The second kappa shape index (κ2) is 11.0. The van der Waals surface area contributed by atoms with Gasteiger partial charge >= 0.3 is 0 Å². The van der Waals surface area contributed by atoms with Gasteiger partial charge in [0.1, 0.15) is 0 Å². The van der Waals surface area contributed by atoms with Crippen molar-refractivity contribution in [3.8, 4) is 0 Å². The molecule has 2 rings (SSSR count). The van der Waals surface area contributed by atoms with Gasteiger partial charge in [-0.2, -0.15) is 0 Å². The van der Waals surface area contributed by atoms with Crippen molar-refractivity contribution < 1.29 is 0 Å². The Hall–Kier alpha value is -1.82. The largest absolute Gasteiger partial charge is 0.100 e. The maximum absolute atomic E-state index is 3.56. The van der Waals surface area contributed by atoms with E-state index in [0.29, 0.717) is 0 Å². The monoisotopic (exact) mass is 268 g/mol. The van der Waals surface area contributed by atoms with Crippen molar-refractivity contribution in [1.29, 1.82) is 0 Å². The van der Waals surface area contributed by atoms with E-state index >= 15 is 0 Å². The highest BCUT2D eigenvalue weighted by Crippen LogP contribution is 2.09. The molecule has 0 unspecified atom stereocenters. The van der Waals surface area contributed by atoms with E-state index in [1.807, 2.05) is 27.7 Å². The molecule has 0 bridgehead atoms. The zero-order valence-corrected chi connectivity index (χ0v) is 13.6. The average Bonchev–Trinajstić information content (AvgIpc) is 2.44. The molecule has 0 aliphatic heterocycles. The van der Waals surface area contributed by atoms with Gasteiger partial charge in [-0.3, -0.25) is 0 Å². The fourth-order valence-corrected chi connectivity index (χ4v) is 1.54. The van der Waals surface area contributed by atoms with Crippen molar-refractivity contribution in [2.75, 3.05) is 0 Å². The number of hydrogen-bond donors (Lipinski definition) is 0. The lowest BCUT2D eigenvalue weighted by atomic mass is 10.0. The van der Waals surface area contributed by atoms with Crippen LogP contribution in [0.5, 0.6) is 0 Å². The highest BCUT2D eigenvalue weighted by molar-refractivity contribution is 5.27. The van der Waals surface area contributed by atoms with Gasteiger partial charge in [0.2, 0.25) is 0 Å². The summed E-state index contributed by atoms with van der Waals surface area (Å²) in [7, 11) is 0. The third-order valence-corrected chi connectivity index (χ3v) is 2.37. The Morgan fingerprint density at radius 1 is 0.800 bits per heavy atom. The quantitative estimate of drug-likeness (QED) is 0.569. The van der Waals surface area contributed by atoms with Crippen LogP contribution in [0.25, 0.3) is 0 Å². The molecule has 108 valence electrons. The van der Waals surface area contributed by atoms with Crippen LogP contribution in [0.2, 0.25) is 0 Å². The standard InChI is InChI=1S/C14H14.C4H8.C2H6/c1-12-7-9-14(10-8-12)11-13-5-3-2-4-6-13;1-4(2)3;1-2/h2-10H,11H2,1H3;1H2,2-3H3;1-2H3. The molecule has 0 saturated carbocycles. The van der Waals surface area contributed by atoms with Crippen LogP contribution in [0.4, 0.5) is 0 Å². The van der Waals surface area contributed by atoms with Gasteiger partial charge in [0.05, 0.1) is 0 Å². The molecule has 0 heteroatoms. The third-order valence-electron chi connectivity index (χ3n) is 2.37. The van der Waals surface area contributed by atoms with Crippen LogP contribution in [0.15, 0.2) is 66.7 Å². The molecule has 0 radical (unpaired) electrons. The zero-order chi connectivity index (χ0) is 15.4. The first kappa shape index (κ1) is 18.2. The molecule has 0 aromatic heterocycles. The maximum atomic E-state index is 3.56. The van der Waals surface area contributed by atoms with Crippen molar-refractivity contribution in [2.45, 2.75) is 41.0 Å². The Bertz CT molecular complexity index is 459. The van der Waals surface area contributed by atoms with E-state index in [2.05, 4.69) is 68.1 Å². The predicted molar refractivity (Wildman–Crippen MR) is 92.3 cm³/mol. The van der Waals surface area contributed by atoms with E-state index in [1.165, 1.54) is 22.3 Å². The normalized spacial score (nSPS) is 8.65. The van der Waals surface area contributed by atoms with E-state index in [4.69, 9.17) is 0 Å². The Balaban J connectivity index is 0.000000521. The zero-order valence-electron chi connectivity index (χ0n) is 13.6. The summed E-state index contributed by atoms with van der Waals surface area (Å²) < 4.78 is 0. The van der Waals surface area contributed by atoms with E-state index in [0.717, 1.165) is 6.42 Å². The van der Waals surface area contributed by atoms with Crippen LogP contribution in [-0.4, -0.2) is 0 Å². The van der Waals surface area contributed by atoms with Crippen molar-refractivity contribution in [3.05, 3.63) is 83.4 Å². The van der Waals surface area contributed by atoms with Gasteiger partial charge in [0, 0.05) is 0 Å². The lowest BCUT2D eigenvalue weighted by molar-refractivity contribution is 1.19. The molecule has 0 N–H and O–H groups in total. The summed E-state index contributed by atoms with van der Waals surface area (Å²) >= 11 is 0. The van der Waals surface area contributed by atoms with Gasteiger partial charge in [0.15, 0.2) is 0 Å². The summed E-state index contributed by atoms with van der Waals surface area (Å²) in [6.07, 6.45) is 1.03. The minimum atomic E-state index is 1.03. The Morgan fingerprint density at radius 2 is 1.20 bits per heavy atom. The Kier molecular flexibility index (Phi) is 10.0. The summed E-state index contributed by atoms with van der Waals surface area (Å²) in [5.74, 6) is 0. The Morgan fingerprint density at radius 3 is 1.65 bits per heavy atom. The topological polar surface area (TPSA) is 0 Å². The van der Waals surface area contributed by atoms with Crippen molar-refractivity contribution in [1.82, 2.24) is 0 Å². The molecule has 2 aromatic rings. The molecular formula is C20H28. The van der Waals surface area contributed by atoms with Crippen LogP contribution in [0.1, 0.15) is 44.4 Å². The van der Waals surface area contributed by atoms with E-state index in [-0.39, 0.29) is 0 Å². The van der Waals surface area contributed by atoms with E-state index < -0.39 is 0 Å². The van der Waals surface area contributed by atoms with Crippen molar-refractivity contribution >= 4 is 0 Å². The summed E-state index contributed by atoms with van der Waals surface area (Å²) in [5.41, 5.74) is 5.24. The highest BCUT2D eigenvalue weighted by atomic mass is 14.0. The SMILES string of the molecule is C=C(C)C.CC.Cc1ccc(Cc2ccccc2)cc1. The first-order valence-corrected chi connectivity index (χ1v) is 7.29. The van der Waals surface area contributed by atoms with Gasteiger partial charge in [-0.05, 0) is 38.3 Å². The molecule has 0 atom stereocenters. The minimum Gasteiger partial charge on any atom is -0.100 e. The van der Waals surface area contributed by atoms with Crippen LogP contribution in [0, 0.1) is 6.92 Å². The molecule has 0 nitrogen and oxygen atoms in total. The Labute approximate surface area is 125 Å². The molecular weight excluding hydrogens is 240 g/mol. The molecule has 0 saturated heterocycles. The third kappa shape index (κ3) is 9.16. The first-order chi connectivity index (χ1) is 9.58. The predicted octanol–water partition coefficient (Wildman–Crippen LogP) is 6.19. The number of aryl methyl sites for hydroxylation is 1. The van der Waals surface area contributed by atoms with Gasteiger partial charge in [-0.25, -0.2) is 0 Å².